The van der Waals surface area contributed by atoms with Crippen LogP contribution in [0.4, 0.5) is 10.1 Å². The quantitative estimate of drug-likeness (QED) is 0.927. The molecule has 1 aromatic carbocycles. The number of hydrogen-bond donors (Lipinski definition) is 1. The minimum absolute atomic E-state index is 0.142. The summed E-state index contributed by atoms with van der Waals surface area (Å²) in [7, 11) is 0. The number of amides is 2. The largest absolute Gasteiger partial charge is 0.352 e. The van der Waals surface area contributed by atoms with Crippen molar-refractivity contribution >= 4 is 17.5 Å². The van der Waals surface area contributed by atoms with E-state index < -0.39 is 5.82 Å². The molecule has 5 heteroatoms. The van der Waals surface area contributed by atoms with Crippen LogP contribution in [0.1, 0.15) is 39.0 Å². The lowest BCUT2D eigenvalue weighted by atomic mass is 9.95. The topological polar surface area (TPSA) is 49.4 Å². The molecule has 1 fully saturated rings. The van der Waals surface area contributed by atoms with Crippen molar-refractivity contribution in [3.8, 4) is 0 Å². The summed E-state index contributed by atoms with van der Waals surface area (Å²) in [6.45, 7) is 1.19. The van der Waals surface area contributed by atoms with Crippen LogP contribution >= 0.6 is 0 Å². The van der Waals surface area contributed by atoms with Gasteiger partial charge >= 0.3 is 0 Å². The summed E-state index contributed by atoms with van der Waals surface area (Å²) < 4.78 is 13.8. The van der Waals surface area contributed by atoms with Crippen molar-refractivity contribution in [2.24, 2.45) is 0 Å². The number of nitrogens with zero attached hydrogens (tertiary/aromatic N) is 1. The molecule has 0 heterocycles. The van der Waals surface area contributed by atoms with Gasteiger partial charge in [0.25, 0.3) is 0 Å². The first-order valence-electron chi connectivity index (χ1n) is 7.40. The number of hydrogen-bond acceptors (Lipinski definition) is 2. The molecule has 0 saturated heterocycles. The smallest absolute Gasteiger partial charge is 0.240 e. The van der Waals surface area contributed by atoms with Gasteiger partial charge in [0.15, 0.2) is 0 Å². The molecular formula is C16H21FN2O2. The van der Waals surface area contributed by atoms with Gasteiger partial charge < -0.3 is 10.2 Å². The minimum Gasteiger partial charge on any atom is -0.352 e. The highest BCUT2D eigenvalue weighted by atomic mass is 19.1. The molecule has 0 atom stereocenters. The molecule has 2 amide bonds. The van der Waals surface area contributed by atoms with E-state index >= 15 is 0 Å². The van der Waals surface area contributed by atoms with Crippen LogP contribution in [-0.2, 0) is 9.59 Å². The van der Waals surface area contributed by atoms with E-state index in [1.807, 2.05) is 0 Å². The second kappa shape index (κ2) is 7.20. The molecule has 21 heavy (non-hydrogen) atoms. The van der Waals surface area contributed by atoms with Gasteiger partial charge in [-0.1, -0.05) is 31.4 Å². The SMILES string of the molecule is CC(=O)N(CC(=O)NC1CCCCC1)c1ccccc1F. The van der Waals surface area contributed by atoms with Gasteiger partial charge in [-0.3, -0.25) is 9.59 Å². The zero-order valence-electron chi connectivity index (χ0n) is 12.3. The van der Waals surface area contributed by atoms with Crippen molar-refractivity contribution in [3.05, 3.63) is 30.1 Å². The van der Waals surface area contributed by atoms with Crippen molar-refractivity contribution in [1.29, 1.82) is 0 Å². The number of rotatable bonds is 4. The van der Waals surface area contributed by atoms with Crippen molar-refractivity contribution in [2.45, 2.75) is 45.1 Å². The highest BCUT2D eigenvalue weighted by Crippen LogP contribution is 2.20. The monoisotopic (exact) mass is 292 g/mol. The molecule has 1 N–H and O–H groups in total. The second-order valence-electron chi connectivity index (χ2n) is 5.46. The van der Waals surface area contributed by atoms with E-state index in [2.05, 4.69) is 5.32 Å². The van der Waals surface area contributed by atoms with Crippen LogP contribution in [0, 0.1) is 5.82 Å². The Labute approximate surface area is 124 Å². The zero-order chi connectivity index (χ0) is 15.2. The summed E-state index contributed by atoms with van der Waals surface area (Å²) >= 11 is 0. The van der Waals surface area contributed by atoms with Gasteiger partial charge in [0.2, 0.25) is 11.8 Å². The predicted octanol–water partition coefficient (Wildman–Crippen LogP) is 2.63. The number of carbonyl (C=O) groups is 2. The third-order valence-corrected chi connectivity index (χ3v) is 3.80. The third kappa shape index (κ3) is 4.28. The van der Waals surface area contributed by atoms with Crippen LogP contribution in [0.5, 0.6) is 0 Å². The lowest BCUT2D eigenvalue weighted by molar-refractivity contribution is -0.123. The van der Waals surface area contributed by atoms with Crippen molar-refractivity contribution < 1.29 is 14.0 Å². The van der Waals surface area contributed by atoms with Crippen molar-refractivity contribution in [3.63, 3.8) is 0 Å². The van der Waals surface area contributed by atoms with Crippen LogP contribution in [0.2, 0.25) is 0 Å². The Morgan fingerprint density at radius 1 is 1.24 bits per heavy atom. The Balaban J connectivity index is 2.01. The van der Waals surface area contributed by atoms with Crippen LogP contribution in [0.3, 0.4) is 0 Å². The summed E-state index contributed by atoms with van der Waals surface area (Å²) in [4.78, 5) is 25.0. The van der Waals surface area contributed by atoms with Gasteiger partial charge in [-0.05, 0) is 25.0 Å². The molecule has 0 spiro atoms. The fraction of sp³-hybridized carbons (Fsp3) is 0.500. The maximum Gasteiger partial charge on any atom is 0.240 e. The number of halogens is 1. The van der Waals surface area contributed by atoms with Crippen molar-refractivity contribution in [2.75, 3.05) is 11.4 Å². The normalized spacial score (nSPS) is 15.5. The van der Waals surface area contributed by atoms with Gasteiger partial charge in [-0.2, -0.15) is 0 Å². The molecule has 4 nitrogen and oxygen atoms in total. The number of anilines is 1. The van der Waals surface area contributed by atoms with E-state index in [0.717, 1.165) is 25.7 Å². The Morgan fingerprint density at radius 2 is 1.90 bits per heavy atom. The van der Waals surface area contributed by atoms with Crippen LogP contribution in [-0.4, -0.2) is 24.4 Å². The van der Waals surface area contributed by atoms with Crippen LogP contribution < -0.4 is 10.2 Å². The maximum absolute atomic E-state index is 13.8. The van der Waals surface area contributed by atoms with E-state index in [-0.39, 0.29) is 30.1 Å². The Kier molecular flexibility index (Phi) is 5.31. The summed E-state index contributed by atoms with van der Waals surface area (Å²) in [5, 5.41) is 2.94. The number of nitrogens with one attached hydrogen (secondary N) is 1. The van der Waals surface area contributed by atoms with E-state index in [0.29, 0.717) is 0 Å². The van der Waals surface area contributed by atoms with Crippen LogP contribution in [0.15, 0.2) is 24.3 Å². The predicted molar refractivity (Wildman–Crippen MR) is 79.4 cm³/mol. The highest BCUT2D eigenvalue weighted by molar-refractivity contribution is 5.97. The van der Waals surface area contributed by atoms with E-state index in [1.165, 1.54) is 30.4 Å². The number of para-hydroxylation sites is 1. The molecule has 0 bridgehead atoms. The summed E-state index contributed by atoms with van der Waals surface area (Å²) in [6.07, 6.45) is 5.40. The van der Waals surface area contributed by atoms with Gasteiger partial charge in [0, 0.05) is 13.0 Å². The number of carbonyl (C=O) groups excluding carboxylic acids is 2. The maximum atomic E-state index is 13.8. The lowest BCUT2D eigenvalue weighted by Crippen LogP contribution is -2.44. The second-order valence-corrected chi connectivity index (χ2v) is 5.46. The van der Waals surface area contributed by atoms with Gasteiger partial charge in [-0.15, -0.1) is 0 Å². The number of benzene rings is 1. The Morgan fingerprint density at radius 3 is 2.52 bits per heavy atom. The van der Waals surface area contributed by atoms with E-state index in [9.17, 15) is 14.0 Å². The Hall–Kier alpha value is -1.91. The van der Waals surface area contributed by atoms with E-state index in [4.69, 9.17) is 0 Å². The van der Waals surface area contributed by atoms with Gasteiger partial charge in [-0.25, -0.2) is 4.39 Å². The summed E-state index contributed by atoms with van der Waals surface area (Å²) in [5.74, 6) is -1.09. The molecule has 0 radical (unpaired) electrons. The summed E-state index contributed by atoms with van der Waals surface area (Å²) in [5.41, 5.74) is 0.142. The molecule has 1 aromatic rings. The van der Waals surface area contributed by atoms with Crippen LogP contribution in [0.25, 0.3) is 0 Å². The average molecular weight is 292 g/mol. The first-order valence-corrected chi connectivity index (χ1v) is 7.40. The van der Waals surface area contributed by atoms with Gasteiger partial charge in [0.05, 0.1) is 5.69 Å². The molecular weight excluding hydrogens is 271 g/mol. The first-order chi connectivity index (χ1) is 10.1. The Bertz CT molecular complexity index is 513. The van der Waals surface area contributed by atoms with Gasteiger partial charge in [0.1, 0.15) is 12.4 Å². The molecule has 0 aliphatic heterocycles. The minimum atomic E-state index is -0.502. The zero-order valence-corrected chi connectivity index (χ0v) is 12.3. The molecule has 2 rings (SSSR count). The summed E-state index contributed by atoms with van der Waals surface area (Å²) in [6, 6.07) is 6.17. The molecule has 0 unspecified atom stereocenters. The molecule has 114 valence electrons. The van der Waals surface area contributed by atoms with E-state index in [1.54, 1.807) is 12.1 Å². The first kappa shape index (κ1) is 15.5. The highest BCUT2D eigenvalue weighted by Gasteiger charge is 2.21. The standard InChI is InChI=1S/C16H21FN2O2/c1-12(20)19(15-10-6-5-9-14(15)17)11-16(21)18-13-7-3-2-4-8-13/h5-6,9-10,13H,2-4,7-8,11H2,1H3,(H,18,21). The fourth-order valence-electron chi connectivity index (χ4n) is 2.70. The molecule has 1 aliphatic carbocycles. The molecule has 0 aromatic heterocycles. The molecule has 1 saturated carbocycles. The fourth-order valence-corrected chi connectivity index (χ4v) is 2.70. The molecule has 1 aliphatic rings. The third-order valence-electron chi connectivity index (χ3n) is 3.80. The average Bonchev–Trinajstić information content (AvgIpc) is 2.46. The van der Waals surface area contributed by atoms with Crippen molar-refractivity contribution in [1.82, 2.24) is 5.32 Å². The lowest BCUT2D eigenvalue weighted by Gasteiger charge is -2.25.